The molecule has 0 aliphatic carbocycles. The lowest BCUT2D eigenvalue weighted by Gasteiger charge is -2.14. The summed E-state index contributed by atoms with van der Waals surface area (Å²) in [5.41, 5.74) is 0.766. The van der Waals surface area contributed by atoms with E-state index in [1.165, 1.54) is 12.1 Å². The third-order valence-corrected chi connectivity index (χ3v) is 4.73. The quantitative estimate of drug-likeness (QED) is 0.575. The molecule has 3 N–H and O–H groups in total. The van der Waals surface area contributed by atoms with Gasteiger partial charge in [0, 0.05) is 29.2 Å². The van der Waals surface area contributed by atoms with Crippen molar-refractivity contribution in [1.82, 2.24) is 16.0 Å². The van der Waals surface area contributed by atoms with Crippen molar-refractivity contribution >= 4 is 52.5 Å². The molecular formula is C19H18Cl3N3O3. The lowest BCUT2D eigenvalue weighted by atomic mass is 10.2. The van der Waals surface area contributed by atoms with Gasteiger partial charge in [-0.2, -0.15) is 0 Å². The van der Waals surface area contributed by atoms with Gasteiger partial charge in [-0.3, -0.25) is 14.4 Å². The first-order valence-electron chi connectivity index (χ1n) is 8.35. The van der Waals surface area contributed by atoms with Crippen molar-refractivity contribution in [2.75, 3.05) is 13.1 Å². The number of rotatable bonds is 7. The van der Waals surface area contributed by atoms with Crippen LogP contribution in [0.25, 0.3) is 0 Å². The van der Waals surface area contributed by atoms with E-state index in [1.54, 1.807) is 37.3 Å². The fourth-order valence-electron chi connectivity index (χ4n) is 2.20. The van der Waals surface area contributed by atoms with Crippen molar-refractivity contribution in [2.24, 2.45) is 0 Å². The number of benzene rings is 2. The number of carbonyl (C=O) groups excluding carboxylic acids is 3. The molecule has 148 valence electrons. The first-order valence-corrected chi connectivity index (χ1v) is 9.48. The molecular weight excluding hydrogens is 425 g/mol. The molecule has 2 aromatic carbocycles. The molecule has 2 rings (SSSR count). The third-order valence-electron chi connectivity index (χ3n) is 3.74. The molecule has 0 fully saturated rings. The fourth-order valence-corrected chi connectivity index (χ4v) is 2.63. The number of hydrogen-bond donors (Lipinski definition) is 3. The highest BCUT2D eigenvalue weighted by atomic mass is 35.5. The standard InChI is InChI=1S/C19H18Cl3N3O3/c1-11(25-19(28)12-2-5-14(20)6-3-12)17(26)23-8-9-24-18(27)13-4-7-15(21)16(22)10-13/h2-7,10-11H,8-9H2,1H3,(H,23,26)(H,24,27)(H,25,28). The number of halogens is 3. The van der Waals surface area contributed by atoms with Gasteiger partial charge in [-0.25, -0.2) is 0 Å². The molecule has 0 aliphatic heterocycles. The second kappa shape index (κ2) is 10.3. The molecule has 0 saturated heterocycles. The zero-order chi connectivity index (χ0) is 20.7. The second-order valence-electron chi connectivity index (χ2n) is 5.88. The summed E-state index contributed by atoms with van der Waals surface area (Å²) in [6, 6.07) is 10.1. The number of nitrogens with one attached hydrogen (secondary N) is 3. The van der Waals surface area contributed by atoms with Crippen molar-refractivity contribution in [3.63, 3.8) is 0 Å². The molecule has 0 aromatic heterocycles. The Balaban J connectivity index is 1.73. The van der Waals surface area contributed by atoms with Gasteiger partial charge < -0.3 is 16.0 Å². The van der Waals surface area contributed by atoms with Crippen LogP contribution in [-0.2, 0) is 4.79 Å². The van der Waals surface area contributed by atoms with E-state index in [2.05, 4.69) is 16.0 Å². The molecule has 9 heteroatoms. The summed E-state index contributed by atoms with van der Waals surface area (Å²) in [5.74, 6) is -1.09. The van der Waals surface area contributed by atoms with Gasteiger partial charge in [0.05, 0.1) is 10.0 Å². The van der Waals surface area contributed by atoms with E-state index in [1.807, 2.05) is 0 Å². The van der Waals surface area contributed by atoms with Gasteiger partial charge in [0.1, 0.15) is 6.04 Å². The van der Waals surface area contributed by atoms with Crippen LogP contribution < -0.4 is 16.0 Å². The molecule has 0 spiro atoms. The van der Waals surface area contributed by atoms with Crippen LogP contribution in [-0.4, -0.2) is 36.9 Å². The van der Waals surface area contributed by atoms with Crippen molar-refractivity contribution < 1.29 is 14.4 Å². The van der Waals surface area contributed by atoms with E-state index in [4.69, 9.17) is 34.8 Å². The molecule has 0 aliphatic rings. The van der Waals surface area contributed by atoms with Crippen LogP contribution >= 0.6 is 34.8 Å². The zero-order valence-corrected chi connectivity index (χ0v) is 17.2. The second-order valence-corrected chi connectivity index (χ2v) is 7.13. The summed E-state index contributed by atoms with van der Waals surface area (Å²) >= 11 is 17.5. The Morgan fingerprint density at radius 2 is 1.43 bits per heavy atom. The van der Waals surface area contributed by atoms with Crippen LogP contribution in [0, 0.1) is 0 Å². The highest BCUT2D eigenvalue weighted by Gasteiger charge is 2.16. The van der Waals surface area contributed by atoms with Gasteiger partial charge in [0.25, 0.3) is 11.8 Å². The van der Waals surface area contributed by atoms with Crippen LogP contribution in [0.4, 0.5) is 0 Å². The number of amides is 3. The first kappa shape index (κ1) is 22.0. The van der Waals surface area contributed by atoms with Crippen molar-refractivity contribution in [2.45, 2.75) is 13.0 Å². The number of hydrogen-bond acceptors (Lipinski definition) is 3. The van der Waals surface area contributed by atoms with E-state index >= 15 is 0 Å². The molecule has 28 heavy (non-hydrogen) atoms. The zero-order valence-electron chi connectivity index (χ0n) is 14.9. The molecule has 3 amide bonds. The lowest BCUT2D eigenvalue weighted by Crippen LogP contribution is -2.46. The fraction of sp³-hybridized carbons (Fsp3) is 0.211. The maximum atomic E-state index is 12.1. The smallest absolute Gasteiger partial charge is 0.251 e. The average Bonchev–Trinajstić information content (AvgIpc) is 2.67. The summed E-state index contributed by atoms with van der Waals surface area (Å²) < 4.78 is 0. The van der Waals surface area contributed by atoms with Gasteiger partial charge in [-0.15, -0.1) is 0 Å². The van der Waals surface area contributed by atoms with Gasteiger partial charge in [-0.05, 0) is 49.4 Å². The minimum Gasteiger partial charge on any atom is -0.353 e. The topological polar surface area (TPSA) is 87.3 Å². The highest BCUT2D eigenvalue weighted by Crippen LogP contribution is 2.22. The molecule has 1 unspecified atom stereocenters. The Hall–Kier alpha value is -2.28. The summed E-state index contributed by atoms with van der Waals surface area (Å²) in [7, 11) is 0. The van der Waals surface area contributed by atoms with Crippen LogP contribution in [0.15, 0.2) is 42.5 Å². The van der Waals surface area contributed by atoms with E-state index in [-0.39, 0.29) is 35.8 Å². The van der Waals surface area contributed by atoms with E-state index < -0.39 is 6.04 Å². The third kappa shape index (κ3) is 6.41. The maximum absolute atomic E-state index is 12.1. The minimum absolute atomic E-state index is 0.201. The Bertz CT molecular complexity index is 872. The number of carbonyl (C=O) groups is 3. The Labute approximate surface area is 177 Å². The van der Waals surface area contributed by atoms with Gasteiger partial charge >= 0.3 is 0 Å². The summed E-state index contributed by atoms with van der Waals surface area (Å²) in [6.45, 7) is 1.98. The largest absolute Gasteiger partial charge is 0.353 e. The van der Waals surface area contributed by atoms with Crippen LogP contribution in [0.3, 0.4) is 0 Å². The van der Waals surface area contributed by atoms with Crippen molar-refractivity contribution in [1.29, 1.82) is 0 Å². The minimum atomic E-state index is -0.742. The SMILES string of the molecule is CC(NC(=O)c1ccc(Cl)cc1)C(=O)NCCNC(=O)c1ccc(Cl)c(Cl)c1. The van der Waals surface area contributed by atoms with Gasteiger partial charge in [-0.1, -0.05) is 34.8 Å². The Kier molecular flexibility index (Phi) is 8.11. The molecule has 0 radical (unpaired) electrons. The summed E-state index contributed by atoms with van der Waals surface area (Å²) in [6.07, 6.45) is 0. The molecule has 0 heterocycles. The molecule has 0 saturated carbocycles. The van der Waals surface area contributed by atoms with Crippen LogP contribution in [0.2, 0.25) is 15.1 Å². The van der Waals surface area contributed by atoms with Crippen LogP contribution in [0.5, 0.6) is 0 Å². The van der Waals surface area contributed by atoms with Gasteiger partial charge in [0.15, 0.2) is 0 Å². The lowest BCUT2D eigenvalue weighted by molar-refractivity contribution is -0.122. The first-order chi connectivity index (χ1) is 13.3. The molecule has 0 bridgehead atoms. The average molecular weight is 443 g/mol. The Morgan fingerprint density at radius 3 is 2.07 bits per heavy atom. The predicted octanol–water partition coefficient (Wildman–Crippen LogP) is 3.31. The molecule has 6 nitrogen and oxygen atoms in total. The van der Waals surface area contributed by atoms with Crippen molar-refractivity contribution in [3.8, 4) is 0 Å². The van der Waals surface area contributed by atoms with Crippen molar-refractivity contribution in [3.05, 3.63) is 68.7 Å². The van der Waals surface area contributed by atoms with Gasteiger partial charge in [0.2, 0.25) is 5.91 Å². The van der Waals surface area contributed by atoms with Crippen LogP contribution in [0.1, 0.15) is 27.6 Å². The molecule has 2 aromatic rings. The maximum Gasteiger partial charge on any atom is 0.251 e. The summed E-state index contributed by atoms with van der Waals surface area (Å²) in [5, 5.41) is 9.05. The normalized spacial score (nSPS) is 11.4. The Morgan fingerprint density at radius 1 is 0.821 bits per heavy atom. The highest BCUT2D eigenvalue weighted by molar-refractivity contribution is 6.42. The van der Waals surface area contributed by atoms with E-state index in [0.717, 1.165) is 0 Å². The predicted molar refractivity (Wildman–Crippen MR) is 110 cm³/mol. The van der Waals surface area contributed by atoms with E-state index in [9.17, 15) is 14.4 Å². The molecule has 1 atom stereocenters. The summed E-state index contributed by atoms with van der Waals surface area (Å²) in [4.78, 5) is 36.2. The van der Waals surface area contributed by atoms with E-state index in [0.29, 0.717) is 21.2 Å². The monoisotopic (exact) mass is 441 g/mol.